The van der Waals surface area contributed by atoms with Gasteiger partial charge in [-0.15, -0.1) is 0 Å². The van der Waals surface area contributed by atoms with E-state index >= 15 is 0 Å². The van der Waals surface area contributed by atoms with E-state index in [-0.39, 0.29) is 4.90 Å². The van der Waals surface area contributed by atoms with Crippen molar-refractivity contribution in [3.8, 4) is 0 Å². The molecule has 0 atom stereocenters. The molecule has 0 unspecified atom stereocenters. The van der Waals surface area contributed by atoms with Gasteiger partial charge in [-0.05, 0) is 39.0 Å². The van der Waals surface area contributed by atoms with Crippen LogP contribution in [0.5, 0.6) is 0 Å². The average Bonchev–Trinajstić information content (AvgIpc) is 2.23. The summed E-state index contributed by atoms with van der Waals surface area (Å²) in [6.45, 7) is 6.49. The highest BCUT2D eigenvalue weighted by atomic mass is 32.2. The van der Waals surface area contributed by atoms with Gasteiger partial charge in [0.2, 0.25) is 0 Å². The zero-order valence-corrected chi connectivity index (χ0v) is 12.7. The molecule has 3 N–H and O–H groups in total. The second-order valence-electron chi connectivity index (χ2n) is 5.32. The van der Waals surface area contributed by atoms with Gasteiger partial charge in [-0.2, -0.15) is 0 Å². The summed E-state index contributed by atoms with van der Waals surface area (Å²) in [4.78, 5) is 2.12. The number of hydrogen-bond acceptors (Lipinski definition) is 5. The molecule has 0 saturated heterocycles. The summed E-state index contributed by atoms with van der Waals surface area (Å²) in [5.74, 6) is 0. The lowest BCUT2D eigenvalue weighted by Gasteiger charge is -2.30. The summed E-state index contributed by atoms with van der Waals surface area (Å²) in [6, 6.07) is 4.67. The number of nitrogens with zero attached hydrogens (tertiary/aromatic N) is 1. The third-order valence-corrected chi connectivity index (χ3v) is 3.84. The van der Waals surface area contributed by atoms with Gasteiger partial charge < -0.3 is 15.7 Å². The Morgan fingerprint density at radius 3 is 2.32 bits per heavy atom. The Morgan fingerprint density at radius 2 is 1.95 bits per heavy atom. The van der Waals surface area contributed by atoms with E-state index in [9.17, 15) is 13.5 Å². The van der Waals surface area contributed by atoms with Crippen LogP contribution >= 0.6 is 0 Å². The molecule has 0 fully saturated rings. The van der Waals surface area contributed by atoms with Crippen molar-refractivity contribution < 1.29 is 13.5 Å². The van der Waals surface area contributed by atoms with E-state index in [4.69, 9.17) is 5.73 Å². The van der Waals surface area contributed by atoms with E-state index in [1.54, 1.807) is 19.9 Å². The molecule has 0 aromatic heterocycles. The molecular weight excluding hydrogens is 264 g/mol. The van der Waals surface area contributed by atoms with Gasteiger partial charge in [-0.25, -0.2) is 8.42 Å². The van der Waals surface area contributed by atoms with Crippen molar-refractivity contribution in [1.29, 1.82) is 0 Å². The average molecular weight is 286 g/mol. The Labute approximate surface area is 115 Å². The number of aliphatic hydroxyl groups is 1. The molecule has 19 heavy (non-hydrogen) atoms. The summed E-state index contributed by atoms with van der Waals surface area (Å²) >= 11 is 0. The van der Waals surface area contributed by atoms with E-state index < -0.39 is 15.4 Å². The molecule has 1 aromatic rings. The molecule has 0 radical (unpaired) electrons. The minimum Gasteiger partial charge on any atom is -0.397 e. The van der Waals surface area contributed by atoms with Crippen molar-refractivity contribution in [3.63, 3.8) is 0 Å². The number of benzene rings is 1. The van der Waals surface area contributed by atoms with Crippen LogP contribution in [-0.2, 0) is 9.84 Å². The van der Waals surface area contributed by atoms with Gasteiger partial charge in [0.15, 0.2) is 9.84 Å². The van der Waals surface area contributed by atoms with E-state index in [1.165, 1.54) is 12.1 Å². The predicted octanol–water partition coefficient (Wildman–Crippen LogP) is 1.27. The summed E-state index contributed by atoms with van der Waals surface area (Å²) < 4.78 is 22.9. The summed E-state index contributed by atoms with van der Waals surface area (Å²) in [7, 11) is -3.26. The first-order valence-corrected chi connectivity index (χ1v) is 8.00. The van der Waals surface area contributed by atoms with Crippen LogP contribution in [0.4, 0.5) is 11.4 Å². The first kappa shape index (κ1) is 15.8. The Hall–Kier alpha value is -1.27. The topological polar surface area (TPSA) is 83.6 Å². The number of hydrogen-bond donors (Lipinski definition) is 2. The van der Waals surface area contributed by atoms with Crippen molar-refractivity contribution in [2.45, 2.75) is 31.3 Å². The fourth-order valence-corrected chi connectivity index (χ4v) is 2.54. The summed E-state index contributed by atoms with van der Waals surface area (Å²) in [6.07, 6.45) is 1.15. The highest BCUT2D eigenvalue weighted by Gasteiger charge is 2.20. The SMILES string of the molecule is CCN(CC(C)(C)O)c1ccc(S(C)(=O)=O)cc1N. The van der Waals surface area contributed by atoms with Crippen LogP contribution in [0, 0.1) is 0 Å². The van der Waals surface area contributed by atoms with E-state index in [0.717, 1.165) is 11.9 Å². The number of sulfone groups is 1. The zero-order valence-electron chi connectivity index (χ0n) is 11.8. The number of nitrogens with two attached hydrogens (primary N) is 1. The van der Waals surface area contributed by atoms with Gasteiger partial charge in [-0.1, -0.05) is 0 Å². The second-order valence-corrected chi connectivity index (χ2v) is 7.34. The quantitative estimate of drug-likeness (QED) is 0.796. The zero-order chi connectivity index (χ0) is 14.8. The smallest absolute Gasteiger partial charge is 0.175 e. The normalized spacial score (nSPS) is 12.5. The van der Waals surface area contributed by atoms with E-state index in [1.807, 2.05) is 11.8 Å². The maximum atomic E-state index is 11.5. The second kappa shape index (κ2) is 5.38. The molecule has 0 aliphatic carbocycles. The number of likely N-dealkylation sites (N-methyl/N-ethyl adjacent to an activating group) is 1. The van der Waals surface area contributed by atoms with Crippen molar-refractivity contribution >= 4 is 21.2 Å². The Kier molecular flexibility index (Phi) is 4.47. The largest absolute Gasteiger partial charge is 0.397 e. The Balaban J connectivity index is 3.14. The van der Waals surface area contributed by atoms with Crippen molar-refractivity contribution in [2.75, 3.05) is 30.0 Å². The number of anilines is 2. The standard InChI is InChI=1S/C13H22N2O3S/c1-5-15(9-13(2,3)16)12-7-6-10(8-11(12)14)19(4,17)18/h6-8,16H,5,9,14H2,1-4H3. The van der Waals surface area contributed by atoms with Crippen LogP contribution in [0.15, 0.2) is 23.1 Å². The molecule has 6 heteroatoms. The fraction of sp³-hybridized carbons (Fsp3) is 0.538. The van der Waals surface area contributed by atoms with Crippen LogP contribution in [0.25, 0.3) is 0 Å². The Bertz CT molecular complexity index is 547. The molecule has 0 amide bonds. The number of nitrogen functional groups attached to an aromatic ring is 1. The van der Waals surface area contributed by atoms with Gasteiger partial charge in [0.1, 0.15) is 0 Å². The van der Waals surface area contributed by atoms with Crippen LogP contribution in [0.1, 0.15) is 20.8 Å². The molecule has 0 heterocycles. The molecule has 0 aliphatic rings. The molecule has 0 saturated carbocycles. The minimum absolute atomic E-state index is 0.202. The molecular formula is C13H22N2O3S. The van der Waals surface area contributed by atoms with Gasteiger partial charge in [0, 0.05) is 19.3 Å². The van der Waals surface area contributed by atoms with Crippen molar-refractivity contribution in [3.05, 3.63) is 18.2 Å². The highest BCUT2D eigenvalue weighted by molar-refractivity contribution is 7.90. The third kappa shape index (κ3) is 4.40. The van der Waals surface area contributed by atoms with Gasteiger partial charge in [-0.3, -0.25) is 0 Å². The predicted molar refractivity (Wildman–Crippen MR) is 78.1 cm³/mol. The third-order valence-electron chi connectivity index (χ3n) is 2.73. The first-order valence-electron chi connectivity index (χ1n) is 6.11. The highest BCUT2D eigenvalue weighted by Crippen LogP contribution is 2.27. The van der Waals surface area contributed by atoms with Crippen LogP contribution in [0.3, 0.4) is 0 Å². The number of rotatable bonds is 5. The first-order chi connectivity index (χ1) is 8.54. The van der Waals surface area contributed by atoms with Gasteiger partial charge >= 0.3 is 0 Å². The molecule has 0 aliphatic heterocycles. The molecule has 1 aromatic carbocycles. The van der Waals surface area contributed by atoms with Gasteiger partial charge in [0.05, 0.1) is 21.9 Å². The maximum absolute atomic E-state index is 11.5. The summed E-state index contributed by atoms with van der Waals surface area (Å²) in [5.41, 5.74) is 6.21. The minimum atomic E-state index is -3.26. The molecule has 0 bridgehead atoms. The molecule has 108 valence electrons. The van der Waals surface area contributed by atoms with Crippen molar-refractivity contribution in [2.24, 2.45) is 0 Å². The van der Waals surface area contributed by atoms with E-state index in [0.29, 0.717) is 18.8 Å². The molecule has 0 spiro atoms. The van der Waals surface area contributed by atoms with Crippen LogP contribution in [0.2, 0.25) is 0 Å². The lowest BCUT2D eigenvalue weighted by atomic mass is 10.1. The molecule has 5 nitrogen and oxygen atoms in total. The Morgan fingerprint density at radius 1 is 1.37 bits per heavy atom. The van der Waals surface area contributed by atoms with Crippen molar-refractivity contribution in [1.82, 2.24) is 0 Å². The molecule has 1 rings (SSSR count). The lowest BCUT2D eigenvalue weighted by Crippen LogP contribution is -2.38. The van der Waals surface area contributed by atoms with Crippen LogP contribution in [-0.4, -0.2) is 38.5 Å². The van der Waals surface area contributed by atoms with Crippen LogP contribution < -0.4 is 10.6 Å². The maximum Gasteiger partial charge on any atom is 0.175 e. The summed E-state index contributed by atoms with van der Waals surface area (Å²) in [5, 5.41) is 9.88. The van der Waals surface area contributed by atoms with Gasteiger partial charge in [0.25, 0.3) is 0 Å². The van der Waals surface area contributed by atoms with E-state index in [2.05, 4.69) is 0 Å². The fourth-order valence-electron chi connectivity index (χ4n) is 1.89. The lowest BCUT2D eigenvalue weighted by molar-refractivity contribution is 0.0876. The monoisotopic (exact) mass is 286 g/mol.